The number of carbonyl (C=O) groups excluding carboxylic acids is 3. The van der Waals surface area contributed by atoms with Gasteiger partial charge >= 0.3 is 6.09 Å². The Labute approximate surface area is 126 Å². The first-order valence-electron chi connectivity index (χ1n) is 7.07. The Bertz CT molecular complexity index is 388. The molecule has 0 aromatic carbocycles. The maximum absolute atomic E-state index is 12.2. The Morgan fingerprint density at radius 3 is 2.00 bits per heavy atom. The minimum Gasteiger partial charge on any atom is -0.444 e. The summed E-state index contributed by atoms with van der Waals surface area (Å²) < 4.78 is 5.13. The fourth-order valence-electron chi connectivity index (χ4n) is 1.61. The third-order valence-corrected chi connectivity index (χ3v) is 2.69. The summed E-state index contributed by atoms with van der Waals surface area (Å²) in [4.78, 5) is 35.1. The fourth-order valence-corrected chi connectivity index (χ4v) is 1.61. The molecule has 0 aliphatic heterocycles. The van der Waals surface area contributed by atoms with Gasteiger partial charge < -0.3 is 21.1 Å². The van der Waals surface area contributed by atoms with E-state index in [-0.39, 0.29) is 5.92 Å². The molecule has 21 heavy (non-hydrogen) atoms. The Morgan fingerprint density at radius 2 is 1.67 bits per heavy atom. The van der Waals surface area contributed by atoms with Gasteiger partial charge in [0.1, 0.15) is 17.7 Å². The predicted molar refractivity (Wildman–Crippen MR) is 79.4 cm³/mol. The standard InChI is InChI=1S/C14H27N3O4/c1-7-9(11(15)18)16-12(19)10(8(2)3)17-13(20)21-14(4,5)6/h8-10H,7H2,1-6H3,(H2,15,18)(H,16,19)(H,17,20)/t9-,10-/m0/s1. The topological polar surface area (TPSA) is 111 Å². The fraction of sp³-hybridized carbons (Fsp3) is 0.786. The van der Waals surface area contributed by atoms with Gasteiger partial charge in [-0.1, -0.05) is 20.8 Å². The molecular weight excluding hydrogens is 274 g/mol. The lowest BCUT2D eigenvalue weighted by atomic mass is 10.0. The number of amides is 3. The summed E-state index contributed by atoms with van der Waals surface area (Å²) >= 11 is 0. The van der Waals surface area contributed by atoms with Crippen LogP contribution in [0.15, 0.2) is 0 Å². The van der Waals surface area contributed by atoms with Crippen LogP contribution in [0.4, 0.5) is 4.79 Å². The molecule has 0 saturated heterocycles. The average Bonchev–Trinajstić information content (AvgIpc) is 2.29. The zero-order chi connectivity index (χ0) is 16.8. The molecule has 0 aliphatic carbocycles. The van der Waals surface area contributed by atoms with Crippen molar-refractivity contribution >= 4 is 17.9 Å². The van der Waals surface area contributed by atoms with E-state index < -0.39 is 35.6 Å². The lowest BCUT2D eigenvalue weighted by molar-refractivity contribution is -0.129. The van der Waals surface area contributed by atoms with E-state index in [4.69, 9.17) is 10.5 Å². The predicted octanol–water partition coefficient (Wildman–Crippen LogP) is 0.916. The molecule has 0 aliphatic rings. The first kappa shape index (κ1) is 19.2. The smallest absolute Gasteiger partial charge is 0.408 e. The third kappa shape index (κ3) is 7.53. The minimum absolute atomic E-state index is 0.164. The molecule has 4 N–H and O–H groups in total. The van der Waals surface area contributed by atoms with Gasteiger partial charge in [-0.2, -0.15) is 0 Å². The van der Waals surface area contributed by atoms with Crippen molar-refractivity contribution in [2.45, 2.75) is 65.6 Å². The Balaban J connectivity index is 4.79. The molecule has 0 aromatic heterocycles. The lowest BCUT2D eigenvalue weighted by Gasteiger charge is -2.26. The molecule has 122 valence electrons. The van der Waals surface area contributed by atoms with E-state index in [9.17, 15) is 14.4 Å². The highest BCUT2D eigenvalue weighted by atomic mass is 16.6. The van der Waals surface area contributed by atoms with Crippen molar-refractivity contribution in [2.24, 2.45) is 11.7 Å². The van der Waals surface area contributed by atoms with Crippen LogP contribution in [0.3, 0.4) is 0 Å². The van der Waals surface area contributed by atoms with Gasteiger partial charge in [-0.15, -0.1) is 0 Å². The Hall–Kier alpha value is -1.79. The van der Waals surface area contributed by atoms with Crippen LogP contribution in [0.1, 0.15) is 48.0 Å². The van der Waals surface area contributed by atoms with Crippen molar-refractivity contribution in [2.75, 3.05) is 0 Å². The van der Waals surface area contributed by atoms with Gasteiger partial charge in [-0.05, 0) is 33.1 Å². The molecule has 0 heterocycles. The molecule has 2 atom stereocenters. The molecule has 0 unspecified atom stereocenters. The maximum atomic E-state index is 12.2. The zero-order valence-electron chi connectivity index (χ0n) is 13.6. The van der Waals surface area contributed by atoms with Crippen LogP contribution in [-0.4, -0.2) is 35.6 Å². The first-order valence-corrected chi connectivity index (χ1v) is 7.07. The van der Waals surface area contributed by atoms with Crippen LogP contribution in [0.2, 0.25) is 0 Å². The van der Waals surface area contributed by atoms with Crippen molar-refractivity contribution in [3.05, 3.63) is 0 Å². The molecule has 0 aromatic rings. The number of nitrogens with one attached hydrogen (secondary N) is 2. The van der Waals surface area contributed by atoms with Gasteiger partial charge in [-0.3, -0.25) is 9.59 Å². The normalized spacial score (nSPS) is 14.2. The van der Waals surface area contributed by atoms with Crippen LogP contribution in [0.5, 0.6) is 0 Å². The summed E-state index contributed by atoms with van der Waals surface area (Å²) in [7, 11) is 0. The van der Waals surface area contributed by atoms with Crippen molar-refractivity contribution < 1.29 is 19.1 Å². The van der Waals surface area contributed by atoms with Crippen molar-refractivity contribution in [1.29, 1.82) is 0 Å². The average molecular weight is 301 g/mol. The van der Waals surface area contributed by atoms with Gasteiger partial charge in [0, 0.05) is 0 Å². The molecule has 0 spiro atoms. The second-order valence-electron chi connectivity index (χ2n) is 6.24. The summed E-state index contributed by atoms with van der Waals surface area (Å²) in [6.07, 6.45) is -0.290. The molecular formula is C14H27N3O4. The van der Waals surface area contributed by atoms with E-state index in [1.807, 2.05) is 0 Å². The van der Waals surface area contributed by atoms with Crippen LogP contribution in [0.25, 0.3) is 0 Å². The highest BCUT2D eigenvalue weighted by molar-refractivity contribution is 5.90. The largest absolute Gasteiger partial charge is 0.444 e. The zero-order valence-corrected chi connectivity index (χ0v) is 13.6. The molecule has 7 heteroatoms. The van der Waals surface area contributed by atoms with Gasteiger partial charge in [0.25, 0.3) is 0 Å². The number of carbonyl (C=O) groups is 3. The van der Waals surface area contributed by atoms with E-state index in [0.717, 1.165) is 0 Å². The Morgan fingerprint density at radius 1 is 1.14 bits per heavy atom. The SMILES string of the molecule is CC[C@H](NC(=O)[C@@H](NC(=O)OC(C)(C)C)C(C)C)C(N)=O. The number of nitrogens with two attached hydrogens (primary N) is 1. The molecule has 0 saturated carbocycles. The highest BCUT2D eigenvalue weighted by Crippen LogP contribution is 2.09. The van der Waals surface area contributed by atoms with Crippen LogP contribution < -0.4 is 16.4 Å². The molecule has 3 amide bonds. The monoisotopic (exact) mass is 301 g/mol. The minimum atomic E-state index is -0.798. The second-order valence-corrected chi connectivity index (χ2v) is 6.24. The lowest BCUT2D eigenvalue weighted by Crippen LogP contribution is -2.55. The van der Waals surface area contributed by atoms with E-state index in [1.165, 1.54) is 0 Å². The van der Waals surface area contributed by atoms with Crippen molar-refractivity contribution in [3.63, 3.8) is 0 Å². The van der Waals surface area contributed by atoms with Crippen molar-refractivity contribution in [1.82, 2.24) is 10.6 Å². The number of alkyl carbamates (subject to hydrolysis) is 1. The van der Waals surface area contributed by atoms with Gasteiger partial charge in [-0.25, -0.2) is 4.79 Å². The van der Waals surface area contributed by atoms with Crippen LogP contribution in [-0.2, 0) is 14.3 Å². The summed E-state index contributed by atoms with van der Waals surface area (Å²) in [5.41, 5.74) is 4.54. The number of primary amides is 1. The second kappa shape index (κ2) is 7.85. The van der Waals surface area contributed by atoms with Crippen LogP contribution >= 0.6 is 0 Å². The summed E-state index contributed by atoms with van der Waals surface area (Å²) in [5.74, 6) is -1.23. The van der Waals surface area contributed by atoms with Crippen LogP contribution in [0, 0.1) is 5.92 Å². The number of hydrogen-bond acceptors (Lipinski definition) is 4. The van der Waals surface area contributed by atoms with Gasteiger partial charge in [0.15, 0.2) is 0 Å². The van der Waals surface area contributed by atoms with Crippen molar-refractivity contribution in [3.8, 4) is 0 Å². The number of ether oxygens (including phenoxy) is 1. The summed E-state index contributed by atoms with van der Waals surface area (Å²) in [6.45, 7) is 10.5. The van der Waals surface area contributed by atoms with E-state index >= 15 is 0 Å². The molecule has 0 bridgehead atoms. The number of hydrogen-bond donors (Lipinski definition) is 3. The first-order chi connectivity index (χ1) is 9.47. The van der Waals surface area contributed by atoms with Gasteiger partial charge in [0.2, 0.25) is 11.8 Å². The van der Waals surface area contributed by atoms with E-state index in [0.29, 0.717) is 6.42 Å². The van der Waals surface area contributed by atoms with Gasteiger partial charge in [0.05, 0.1) is 0 Å². The summed E-state index contributed by atoms with van der Waals surface area (Å²) in [5, 5.41) is 5.05. The molecule has 0 fully saturated rings. The molecule has 0 radical (unpaired) electrons. The van der Waals surface area contributed by atoms with E-state index in [1.54, 1.807) is 41.5 Å². The highest BCUT2D eigenvalue weighted by Gasteiger charge is 2.29. The third-order valence-electron chi connectivity index (χ3n) is 2.69. The maximum Gasteiger partial charge on any atom is 0.408 e. The summed E-state index contributed by atoms with van der Waals surface area (Å²) in [6, 6.07) is -1.55. The quantitative estimate of drug-likeness (QED) is 0.677. The molecule has 7 nitrogen and oxygen atoms in total. The van der Waals surface area contributed by atoms with E-state index in [2.05, 4.69) is 10.6 Å². The molecule has 0 rings (SSSR count). The number of rotatable bonds is 6. The Kier molecular flexibility index (Phi) is 7.18.